The first-order valence-corrected chi connectivity index (χ1v) is 16.6. The predicted octanol–water partition coefficient (Wildman–Crippen LogP) is 5.78. The van der Waals surface area contributed by atoms with Crippen LogP contribution in [-0.4, -0.2) is 51.3 Å². The molecule has 0 spiro atoms. The van der Waals surface area contributed by atoms with E-state index in [9.17, 15) is 5.11 Å². The highest BCUT2D eigenvalue weighted by molar-refractivity contribution is 6.69. The first-order valence-electron chi connectivity index (χ1n) is 13.2. The summed E-state index contributed by atoms with van der Waals surface area (Å²) in [6, 6.07) is 0. The van der Waals surface area contributed by atoms with Gasteiger partial charge in [-0.15, -0.1) is 0 Å². The fraction of sp³-hybridized carbons (Fsp3) is 0.852. The van der Waals surface area contributed by atoms with Gasteiger partial charge >= 0.3 is 0 Å². The molecule has 0 bridgehead atoms. The lowest BCUT2D eigenvalue weighted by Crippen LogP contribution is -2.59. The van der Waals surface area contributed by atoms with Gasteiger partial charge in [0.2, 0.25) is 0 Å². The molecule has 0 heterocycles. The van der Waals surface area contributed by atoms with Gasteiger partial charge in [-0.2, -0.15) is 0 Å². The van der Waals surface area contributed by atoms with Gasteiger partial charge in [-0.25, -0.2) is 0 Å². The molecular formula is C27H46N2O4Si. The molecule has 7 atom stereocenters. The number of aliphatic hydroxyl groups is 1. The Morgan fingerprint density at radius 2 is 1.79 bits per heavy atom. The summed E-state index contributed by atoms with van der Waals surface area (Å²) >= 11 is 0. The summed E-state index contributed by atoms with van der Waals surface area (Å²) in [4.78, 5) is 10.3. The van der Waals surface area contributed by atoms with Gasteiger partial charge in [-0.1, -0.05) is 36.7 Å². The molecule has 6 nitrogen and oxygen atoms in total. The zero-order valence-electron chi connectivity index (χ0n) is 22.6. The lowest BCUT2D eigenvalue weighted by atomic mass is 9.44. The molecule has 4 rings (SSSR count). The highest BCUT2D eigenvalue weighted by Crippen LogP contribution is 2.68. The van der Waals surface area contributed by atoms with Crippen LogP contribution < -0.4 is 0 Å². The summed E-state index contributed by atoms with van der Waals surface area (Å²) in [5.41, 5.74) is 2.37. The van der Waals surface area contributed by atoms with Crippen molar-refractivity contribution in [1.82, 2.24) is 0 Å². The van der Waals surface area contributed by atoms with E-state index in [4.69, 9.17) is 14.1 Å². The molecule has 4 aliphatic rings. The van der Waals surface area contributed by atoms with Gasteiger partial charge < -0.3 is 19.2 Å². The van der Waals surface area contributed by atoms with E-state index in [1.165, 1.54) is 6.42 Å². The van der Waals surface area contributed by atoms with Crippen molar-refractivity contribution in [2.24, 2.45) is 44.8 Å². The van der Waals surface area contributed by atoms with E-state index < -0.39 is 13.9 Å². The molecule has 0 aromatic rings. The van der Waals surface area contributed by atoms with Crippen LogP contribution in [0.15, 0.2) is 22.0 Å². The summed E-state index contributed by atoms with van der Waals surface area (Å²) in [5.74, 6) is 2.28. The van der Waals surface area contributed by atoms with Crippen LogP contribution in [0.4, 0.5) is 0 Å². The van der Waals surface area contributed by atoms with E-state index in [1.807, 2.05) is 0 Å². The number of hydrogen-bond acceptors (Lipinski definition) is 6. The third-order valence-electron chi connectivity index (χ3n) is 9.98. The predicted molar refractivity (Wildman–Crippen MR) is 139 cm³/mol. The third kappa shape index (κ3) is 4.09. The average Bonchev–Trinajstić information content (AvgIpc) is 3.03. The van der Waals surface area contributed by atoms with Crippen molar-refractivity contribution in [2.75, 3.05) is 20.8 Å². The maximum Gasteiger partial charge on any atom is 0.184 e. The van der Waals surface area contributed by atoms with Crippen LogP contribution >= 0.6 is 0 Å². The maximum atomic E-state index is 12.3. The molecule has 7 unspecified atom stereocenters. The Morgan fingerprint density at radius 3 is 2.44 bits per heavy atom. The minimum Gasteiger partial charge on any atom is -0.412 e. The number of fused-ring (bicyclic) bond motifs is 5. The Hall–Kier alpha value is -1.18. The second-order valence-electron chi connectivity index (χ2n) is 12.8. The maximum absolute atomic E-state index is 12.3. The van der Waals surface area contributed by atoms with Crippen LogP contribution in [0.5, 0.6) is 0 Å². The minimum absolute atomic E-state index is 0.205. The van der Waals surface area contributed by atoms with E-state index in [2.05, 4.69) is 56.8 Å². The van der Waals surface area contributed by atoms with Crippen molar-refractivity contribution in [3.05, 3.63) is 11.6 Å². The first kappa shape index (κ1) is 25.9. The van der Waals surface area contributed by atoms with Gasteiger partial charge in [-0.3, -0.25) is 0 Å². The molecule has 7 heteroatoms. The Labute approximate surface area is 207 Å². The number of nitrogens with zero attached hydrogens (tertiary/aromatic N) is 2. The van der Waals surface area contributed by atoms with Gasteiger partial charge in [-0.05, 0) is 99.7 Å². The fourth-order valence-electron chi connectivity index (χ4n) is 8.29. The van der Waals surface area contributed by atoms with Gasteiger partial charge in [0, 0.05) is 5.41 Å². The van der Waals surface area contributed by atoms with Crippen LogP contribution in [0.1, 0.15) is 65.7 Å². The molecule has 3 saturated carbocycles. The van der Waals surface area contributed by atoms with Crippen LogP contribution in [0.3, 0.4) is 0 Å². The highest BCUT2D eigenvalue weighted by Gasteiger charge is 2.66. The van der Waals surface area contributed by atoms with Gasteiger partial charge in [0.15, 0.2) is 8.32 Å². The van der Waals surface area contributed by atoms with Crippen LogP contribution in [0.25, 0.3) is 0 Å². The molecule has 34 heavy (non-hydrogen) atoms. The smallest absolute Gasteiger partial charge is 0.184 e. The van der Waals surface area contributed by atoms with Crippen molar-refractivity contribution < 1.29 is 19.2 Å². The Bertz CT molecular complexity index is 880. The van der Waals surface area contributed by atoms with Crippen LogP contribution in [0, 0.1) is 34.5 Å². The normalized spacial score (nSPS) is 43.6. The quantitative estimate of drug-likeness (QED) is 0.291. The van der Waals surface area contributed by atoms with Gasteiger partial charge in [0.25, 0.3) is 0 Å². The molecule has 0 aliphatic heterocycles. The largest absolute Gasteiger partial charge is 0.412 e. The van der Waals surface area contributed by atoms with Crippen LogP contribution in [0.2, 0.25) is 19.6 Å². The molecule has 3 fully saturated rings. The van der Waals surface area contributed by atoms with E-state index in [0.717, 1.165) is 44.2 Å². The lowest BCUT2D eigenvalue weighted by molar-refractivity contribution is -0.102. The number of rotatable bonds is 6. The standard InChI is InChI=1S/C27H46N2O4Si/c1-18-15-20-21(25(2)12-9-19(28-31-4)16-23(18)25)10-13-26(3)22(20)11-14-27(26,30)24(29-32-5)17-33-34(6,7)8/h16,18,20-22,30H,9-15,17H2,1-8H3/b28-19+,29-24+. The second kappa shape index (κ2) is 9.04. The summed E-state index contributed by atoms with van der Waals surface area (Å²) < 4.78 is 6.23. The molecule has 0 saturated heterocycles. The van der Waals surface area contributed by atoms with Crippen molar-refractivity contribution >= 4 is 19.7 Å². The van der Waals surface area contributed by atoms with Crippen LogP contribution in [-0.2, 0) is 14.1 Å². The van der Waals surface area contributed by atoms with Crippen molar-refractivity contribution in [3.63, 3.8) is 0 Å². The van der Waals surface area contributed by atoms with Crippen molar-refractivity contribution in [2.45, 2.75) is 91.0 Å². The lowest BCUT2D eigenvalue weighted by Gasteiger charge is -2.60. The van der Waals surface area contributed by atoms with Gasteiger partial charge in [0.1, 0.15) is 25.5 Å². The third-order valence-corrected chi connectivity index (χ3v) is 11.0. The summed E-state index contributed by atoms with van der Waals surface area (Å²) in [6.45, 7) is 14.1. The number of hydrogen-bond donors (Lipinski definition) is 1. The molecule has 1 N–H and O–H groups in total. The van der Waals surface area contributed by atoms with E-state index in [0.29, 0.717) is 36.0 Å². The van der Waals surface area contributed by atoms with E-state index in [-0.39, 0.29) is 10.8 Å². The van der Waals surface area contributed by atoms with Gasteiger partial charge in [0.05, 0.1) is 12.3 Å². The number of allylic oxidation sites excluding steroid dienone is 2. The summed E-state index contributed by atoms with van der Waals surface area (Å²) in [6.07, 6.45) is 9.59. The minimum atomic E-state index is -1.75. The molecule has 0 aromatic heterocycles. The highest BCUT2D eigenvalue weighted by atomic mass is 28.4. The monoisotopic (exact) mass is 490 g/mol. The summed E-state index contributed by atoms with van der Waals surface area (Å²) in [7, 11) is 1.46. The zero-order chi connectivity index (χ0) is 24.9. The second-order valence-corrected chi connectivity index (χ2v) is 17.3. The van der Waals surface area contributed by atoms with Crippen molar-refractivity contribution in [1.29, 1.82) is 0 Å². The zero-order valence-corrected chi connectivity index (χ0v) is 23.6. The average molecular weight is 491 g/mol. The molecule has 0 radical (unpaired) electrons. The molecule has 0 aromatic carbocycles. The Balaban J connectivity index is 1.64. The molecular weight excluding hydrogens is 444 g/mol. The van der Waals surface area contributed by atoms with Crippen molar-refractivity contribution in [3.8, 4) is 0 Å². The number of oxime groups is 2. The van der Waals surface area contributed by atoms with E-state index in [1.54, 1.807) is 19.8 Å². The molecule has 0 amide bonds. The Kier molecular flexibility index (Phi) is 6.88. The molecule has 192 valence electrons. The topological polar surface area (TPSA) is 72.6 Å². The Morgan fingerprint density at radius 1 is 1.09 bits per heavy atom. The molecule has 4 aliphatic carbocycles. The van der Waals surface area contributed by atoms with E-state index >= 15 is 0 Å². The summed E-state index contributed by atoms with van der Waals surface area (Å²) in [5, 5.41) is 20.9. The fourth-order valence-corrected chi connectivity index (χ4v) is 8.86. The first-order chi connectivity index (χ1) is 15.9. The SMILES string of the molecule is CO/N=C1/C=C2C(C)CC3C(CCC4(C)C3CCC4(O)/C(CO[Si](C)(C)C)=N/OC)C2(C)CC1.